The lowest BCUT2D eigenvalue weighted by atomic mass is 9.99. The van der Waals surface area contributed by atoms with E-state index in [1.54, 1.807) is 11.3 Å². The topological polar surface area (TPSA) is 52.5 Å². The average Bonchev–Trinajstić information content (AvgIpc) is 3.00. The summed E-state index contributed by atoms with van der Waals surface area (Å²) in [6.07, 6.45) is 0. The summed E-state index contributed by atoms with van der Waals surface area (Å²) in [5, 5.41) is 10.6. The number of hydrogen-bond acceptors (Lipinski definition) is 6. The third-order valence-electron chi connectivity index (χ3n) is 5.56. The molecule has 148 valence electrons. The lowest BCUT2D eigenvalue weighted by molar-refractivity contribution is 0.188. The summed E-state index contributed by atoms with van der Waals surface area (Å²) >= 11 is 7.97. The molecule has 4 rings (SSSR count). The van der Waals surface area contributed by atoms with Gasteiger partial charge in [0.1, 0.15) is 10.6 Å². The van der Waals surface area contributed by atoms with Gasteiger partial charge in [-0.05, 0) is 49.1 Å². The van der Waals surface area contributed by atoms with Crippen LogP contribution in [0.5, 0.6) is 0 Å². The molecule has 1 N–H and O–H groups in total. The predicted molar refractivity (Wildman–Crippen MR) is 118 cm³/mol. The molecule has 1 aliphatic heterocycles. The molecule has 1 aromatic carbocycles. The van der Waals surface area contributed by atoms with Crippen LogP contribution >= 0.6 is 22.9 Å². The maximum atomic E-state index is 9.19. The molecule has 0 unspecified atom stereocenters. The highest BCUT2D eigenvalue weighted by Gasteiger charge is 2.24. The van der Waals surface area contributed by atoms with Crippen LogP contribution in [0.2, 0.25) is 5.28 Å². The number of thiophene rings is 1. The van der Waals surface area contributed by atoms with Gasteiger partial charge < -0.3 is 10.0 Å². The van der Waals surface area contributed by atoms with Gasteiger partial charge in [0, 0.05) is 43.2 Å². The van der Waals surface area contributed by atoms with Gasteiger partial charge >= 0.3 is 0 Å². The number of aliphatic hydroxyl groups excluding tert-OH is 1. The Morgan fingerprint density at radius 2 is 1.82 bits per heavy atom. The number of fused-ring (bicyclic) bond motifs is 1. The molecule has 1 saturated heterocycles. The normalized spacial score (nSPS) is 15.5. The molecular weight excluding hydrogens is 392 g/mol. The summed E-state index contributed by atoms with van der Waals surface area (Å²) in [6, 6.07) is 6.62. The summed E-state index contributed by atoms with van der Waals surface area (Å²) in [6.45, 7) is 10.9. The minimum Gasteiger partial charge on any atom is -0.395 e. The molecule has 0 aliphatic carbocycles. The van der Waals surface area contributed by atoms with Gasteiger partial charge in [-0.3, -0.25) is 4.90 Å². The average molecular weight is 417 g/mol. The molecule has 1 fully saturated rings. The first-order valence-electron chi connectivity index (χ1n) is 9.60. The van der Waals surface area contributed by atoms with Crippen molar-refractivity contribution < 1.29 is 5.11 Å². The van der Waals surface area contributed by atoms with E-state index in [1.807, 2.05) is 0 Å². The van der Waals surface area contributed by atoms with Crippen molar-refractivity contribution in [3.05, 3.63) is 39.5 Å². The van der Waals surface area contributed by atoms with Crippen LogP contribution in [-0.2, 0) is 0 Å². The first-order chi connectivity index (χ1) is 13.5. The smallest absolute Gasteiger partial charge is 0.225 e. The molecule has 0 atom stereocenters. The predicted octanol–water partition coefficient (Wildman–Crippen LogP) is 4.05. The molecule has 2 aromatic heterocycles. The fourth-order valence-electron chi connectivity index (χ4n) is 3.87. The molecule has 3 aromatic rings. The summed E-state index contributed by atoms with van der Waals surface area (Å²) in [5.74, 6) is 0.927. The molecule has 0 saturated carbocycles. The molecule has 3 heterocycles. The highest BCUT2D eigenvalue weighted by Crippen LogP contribution is 2.42. The number of rotatable bonds is 4. The highest BCUT2D eigenvalue weighted by molar-refractivity contribution is 7.19. The molecule has 0 bridgehead atoms. The van der Waals surface area contributed by atoms with E-state index in [2.05, 4.69) is 58.7 Å². The lowest BCUT2D eigenvalue weighted by Gasteiger charge is -2.35. The second-order valence-electron chi connectivity index (χ2n) is 7.38. The fourth-order valence-corrected chi connectivity index (χ4v) is 5.12. The van der Waals surface area contributed by atoms with Crippen molar-refractivity contribution >= 4 is 39.0 Å². The molecule has 0 amide bonds. The van der Waals surface area contributed by atoms with Crippen molar-refractivity contribution in [2.75, 3.05) is 44.2 Å². The molecule has 28 heavy (non-hydrogen) atoms. The Bertz CT molecular complexity index is 1010. The molecule has 1 aliphatic rings. The third-order valence-corrected chi connectivity index (χ3v) is 6.73. The monoisotopic (exact) mass is 416 g/mol. The van der Waals surface area contributed by atoms with Crippen LogP contribution in [0.15, 0.2) is 18.2 Å². The standard InChI is InChI=1S/C21H25ClN4OS/c1-13-4-5-16(12-14(13)2)17-15(3)28-20-18(17)19(23-21(22)24-20)26-8-6-25(7-9-26)10-11-27/h4-5,12,27H,6-11H2,1-3H3. The van der Waals surface area contributed by atoms with Gasteiger partial charge in [0.2, 0.25) is 5.28 Å². The van der Waals surface area contributed by atoms with E-state index in [0.717, 1.165) is 48.8 Å². The SMILES string of the molecule is Cc1ccc(-c2c(C)sc3nc(Cl)nc(N4CCN(CCO)CC4)c23)cc1C. The summed E-state index contributed by atoms with van der Waals surface area (Å²) < 4.78 is 0. The van der Waals surface area contributed by atoms with Crippen LogP contribution < -0.4 is 4.90 Å². The number of anilines is 1. The zero-order valence-corrected chi connectivity index (χ0v) is 18.1. The molecule has 0 radical (unpaired) electrons. The molecule has 0 spiro atoms. The van der Waals surface area contributed by atoms with Gasteiger partial charge in [-0.25, -0.2) is 4.98 Å². The highest BCUT2D eigenvalue weighted by atomic mass is 35.5. The Morgan fingerprint density at radius 3 is 2.50 bits per heavy atom. The molecule has 5 nitrogen and oxygen atoms in total. The fraction of sp³-hybridized carbons (Fsp3) is 0.429. The second-order valence-corrected chi connectivity index (χ2v) is 8.92. The number of aromatic nitrogens is 2. The van der Waals surface area contributed by atoms with E-state index in [4.69, 9.17) is 11.6 Å². The van der Waals surface area contributed by atoms with Crippen molar-refractivity contribution in [3.8, 4) is 11.1 Å². The summed E-state index contributed by atoms with van der Waals surface area (Å²) in [4.78, 5) is 15.9. The minimum atomic E-state index is 0.199. The lowest BCUT2D eigenvalue weighted by Crippen LogP contribution is -2.47. The first kappa shape index (κ1) is 19.6. The van der Waals surface area contributed by atoms with Crippen LogP contribution in [0.3, 0.4) is 0 Å². The van der Waals surface area contributed by atoms with Gasteiger partial charge in [0.25, 0.3) is 0 Å². The van der Waals surface area contributed by atoms with Gasteiger partial charge in [-0.2, -0.15) is 4.98 Å². The van der Waals surface area contributed by atoms with Crippen LogP contribution in [0.4, 0.5) is 5.82 Å². The Hall–Kier alpha value is -1.73. The van der Waals surface area contributed by atoms with Crippen molar-refractivity contribution in [1.29, 1.82) is 0 Å². The molecular formula is C21H25ClN4OS. The first-order valence-corrected chi connectivity index (χ1v) is 10.8. The van der Waals surface area contributed by atoms with Crippen LogP contribution in [-0.4, -0.2) is 59.3 Å². The Kier molecular flexibility index (Phi) is 5.56. The van der Waals surface area contributed by atoms with Gasteiger partial charge in [-0.1, -0.05) is 18.2 Å². The summed E-state index contributed by atoms with van der Waals surface area (Å²) in [7, 11) is 0. The van der Waals surface area contributed by atoms with E-state index >= 15 is 0 Å². The Labute approximate surface area is 174 Å². The Morgan fingerprint density at radius 1 is 1.07 bits per heavy atom. The number of hydrogen-bond donors (Lipinski definition) is 1. The van der Waals surface area contributed by atoms with Crippen LogP contribution in [0, 0.1) is 20.8 Å². The second kappa shape index (κ2) is 7.95. The van der Waals surface area contributed by atoms with Crippen LogP contribution in [0.25, 0.3) is 21.3 Å². The zero-order chi connectivity index (χ0) is 19.8. The quantitative estimate of drug-likeness (QED) is 0.650. The van der Waals surface area contributed by atoms with Crippen molar-refractivity contribution in [3.63, 3.8) is 0 Å². The minimum absolute atomic E-state index is 0.199. The van der Waals surface area contributed by atoms with Gasteiger partial charge in [0.15, 0.2) is 0 Å². The van der Waals surface area contributed by atoms with Crippen LogP contribution in [0.1, 0.15) is 16.0 Å². The number of β-amino-alcohol motifs (C(OH)–C–C–N with tert-alkyl or cyclic N) is 1. The number of halogens is 1. The van der Waals surface area contributed by atoms with Crippen molar-refractivity contribution in [1.82, 2.24) is 14.9 Å². The van der Waals surface area contributed by atoms with E-state index in [-0.39, 0.29) is 6.61 Å². The van der Waals surface area contributed by atoms with E-state index in [0.29, 0.717) is 5.28 Å². The third kappa shape index (κ3) is 3.62. The van der Waals surface area contributed by atoms with E-state index < -0.39 is 0 Å². The largest absolute Gasteiger partial charge is 0.395 e. The number of aryl methyl sites for hydroxylation is 3. The van der Waals surface area contributed by atoms with Gasteiger partial charge in [-0.15, -0.1) is 11.3 Å². The maximum absolute atomic E-state index is 9.19. The van der Waals surface area contributed by atoms with Crippen molar-refractivity contribution in [2.45, 2.75) is 20.8 Å². The Balaban J connectivity index is 1.82. The van der Waals surface area contributed by atoms with Crippen molar-refractivity contribution in [2.24, 2.45) is 0 Å². The van der Waals surface area contributed by atoms with Gasteiger partial charge in [0.05, 0.1) is 12.0 Å². The van der Waals surface area contributed by atoms with E-state index in [9.17, 15) is 5.11 Å². The maximum Gasteiger partial charge on any atom is 0.225 e. The number of piperazine rings is 1. The molecule has 7 heteroatoms. The number of benzene rings is 1. The number of nitrogens with zero attached hydrogens (tertiary/aromatic N) is 4. The zero-order valence-electron chi connectivity index (χ0n) is 16.5. The number of aliphatic hydroxyl groups is 1. The summed E-state index contributed by atoms with van der Waals surface area (Å²) in [5.41, 5.74) is 5.00. The van der Waals surface area contributed by atoms with E-state index in [1.165, 1.54) is 27.1 Å².